The first-order chi connectivity index (χ1) is 16.1. The zero-order valence-corrected chi connectivity index (χ0v) is 18.7. The third kappa shape index (κ3) is 4.65. The molecule has 0 atom stereocenters. The molecule has 0 bridgehead atoms. The van der Waals surface area contributed by atoms with Gasteiger partial charge in [0.2, 0.25) is 11.8 Å². The molecule has 1 fully saturated rings. The first-order valence-corrected chi connectivity index (χ1v) is 11.1. The number of aromatic nitrogens is 2. The van der Waals surface area contributed by atoms with Gasteiger partial charge in [0, 0.05) is 29.3 Å². The Kier molecular flexibility index (Phi) is 5.65. The maximum atomic E-state index is 13.3. The second kappa shape index (κ2) is 8.90. The highest BCUT2D eigenvalue weighted by Gasteiger charge is 2.33. The lowest BCUT2D eigenvalue weighted by molar-refractivity contribution is 0.0730. The Morgan fingerprint density at radius 1 is 0.909 bits per heavy atom. The number of aryl methyl sites for hydroxylation is 1. The van der Waals surface area contributed by atoms with Gasteiger partial charge < -0.3 is 14.1 Å². The Morgan fingerprint density at radius 2 is 1.48 bits per heavy atom. The van der Waals surface area contributed by atoms with E-state index in [0.29, 0.717) is 29.9 Å². The fourth-order valence-electron chi connectivity index (χ4n) is 3.75. The molecule has 0 aliphatic heterocycles. The average molecular weight is 440 g/mol. The Labute approximate surface area is 192 Å². The number of amides is 1. The average Bonchev–Trinajstić information content (AvgIpc) is 3.58. The van der Waals surface area contributed by atoms with Crippen molar-refractivity contribution in [2.45, 2.75) is 32.4 Å². The maximum Gasteiger partial charge on any atom is 0.254 e. The van der Waals surface area contributed by atoms with Crippen LogP contribution in [0.25, 0.3) is 22.9 Å². The van der Waals surface area contributed by atoms with Crippen molar-refractivity contribution < 1.29 is 13.9 Å². The van der Waals surface area contributed by atoms with Gasteiger partial charge in [0.1, 0.15) is 5.75 Å². The van der Waals surface area contributed by atoms with E-state index in [0.717, 1.165) is 35.3 Å². The van der Waals surface area contributed by atoms with E-state index in [1.165, 1.54) is 5.56 Å². The summed E-state index contributed by atoms with van der Waals surface area (Å²) in [6.07, 6.45) is 2.09. The SMILES string of the molecule is COc1ccc(CN(C(=O)c2ccc(-c3nnc(-c4ccc(C)cc4)o3)cc2)C2CC2)cc1. The van der Waals surface area contributed by atoms with E-state index < -0.39 is 0 Å². The van der Waals surface area contributed by atoms with Crippen molar-refractivity contribution in [3.05, 3.63) is 89.5 Å². The first kappa shape index (κ1) is 20.9. The van der Waals surface area contributed by atoms with Gasteiger partial charge in [-0.1, -0.05) is 29.8 Å². The van der Waals surface area contributed by atoms with Crippen LogP contribution in [-0.4, -0.2) is 34.2 Å². The third-order valence-corrected chi connectivity index (χ3v) is 5.86. The van der Waals surface area contributed by atoms with Crippen LogP contribution in [0.2, 0.25) is 0 Å². The van der Waals surface area contributed by atoms with Crippen LogP contribution in [0.3, 0.4) is 0 Å². The number of carbonyl (C=O) groups excluding carboxylic acids is 1. The smallest absolute Gasteiger partial charge is 0.254 e. The highest BCUT2D eigenvalue weighted by atomic mass is 16.5. The Bertz CT molecular complexity index is 1240. The van der Waals surface area contributed by atoms with Gasteiger partial charge in [-0.05, 0) is 73.9 Å². The summed E-state index contributed by atoms with van der Waals surface area (Å²) in [5.41, 5.74) is 4.57. The predicted molar refractivity (Wildman–Crippen MR) is 126 cm³/mol. The summed E-state index contributed by atoms with van der Waals surface area (Å²) in [5, 5.41) is 8.35. The number of benzene rings is 3. The van der Waals surface area contributed by atoms with Crippen molar-refractivity contribution in [3.8, 4) is 28.7 Å². The highest BCUT2D eigenvalue weighted by molar-refractivity contribution is 5.95. The topological polar surface area (TPSA) is 68.5 Å². The standard InChI is InChI=1S/C27H25N3O3/c1-18-3-7-20(8-4-18)25-28-29-26(33-25)21-9-11-22(12-10-21)27(31)30(23-13-14-23)17-19-5-15-24(32-2)16-6-19/h3-12,15-16,23H,13-14,17H2,1-2H3. The molecule has 1 aromatic heterocycles. The summed E-state index contributed by atoms with van der Waals surface area (Å²) in [7, 11) is 1.65. The van der Waals surface area contributed by atoms with Crippen molar-refractivity contribution in [3.63, 3.8) is 0 Å². The van der Waals surface area contributed by atoms with E-state index in [2.05, 4.69) is 10.2 Å². The molecule has 1 aliphatic carbocycles. The van der Waals surface area contributed by atoms with E-state index in [1.807, 2.05) is 84.6 Å². The van der Waals surface area contributed by atoms with E-state index in [4.69, 9.17) is 9.15 Å². The van der Waals surface area contributed by atoms with E-state index in [9.17, 15) is 4.79 Å². The quantitative estimate of drug-likeness (QED) is 0.379. The molecule has 0 spiro atoms. The zero-order valence-electron chi connectivity index (χ0n) is 18.7. The number of ether oxygens (including phenoxy) is 1. The number of hydrogen-bond donors (Lipinski definition) is 0. The van der Waals surface area contributed by atoms with Crippen LogP contribution in [0.5, 0.6) is 5.75 Å². The molecule has 0 unspecified atom stereocenters. The Balaban J connectivity index is 1.31. The van der Waals surface area contributed by atoms with Crippen LogP contribution < -0.4 is 4.74 Å². The van der Waals surface area contributed by atoms with Gasteiger partial charge in [0.15, 0.2) is 0 Å². The molecule has 1 amide bonds. The molecule has 6 nitrogen and oxygen atoms in total. The molecular weight excluding hydrogens is 414 g/mol. The third-order valence-electron chi connectivity index (χ3n) is 5.86. The van der Waals surface area contributed by atoms with Crippen molar-refractivity contribution in [2.75, 3.05) is 7.11 Å². The van der Waals surface area contributed by atoms with Crippen LogP contribution in [0.4, 0.5) is 0 Å². The van der Waals surface area contributed by atoms with Crippen LogP contribution in [-0.2, 0) is 6.54 Å². The molecule has 0 N–H and O–H groups in total. The van der Waals surface area contributed by atoms with Gasteiger partial charge in [0.25, 0.3) is 5.91 Å². The molecule has 166 valence electrons. The predicted octanol–water partition coefficient (Wildman–Crippen LogP) is 5.53. The van der Waals surface area contributed by atoms with E-state index in [-0.39, 0.29) is 5.91 Å². The Morgan fingerprint density at radius 3 is 2.03 bits per heavy atom. The number of nitrogens with zero attached hydrogens (tertiary/aromatic N) is 3. The fourth-order valence-corrected chi connectivity index (χ4v) is 3.75. The summed E-state index contributed by atoms with van der Waals surface area (Å²) in [4.78, 5) is 15.2. The first-order valence-electron chi connectivity index (χ1n) is 11.1. The fraction of sp³-hybridized carbons (Fsp3) is 0.222. The van der Waals surface area contributed by atoms with Crippen molar-refractivity contribution in [1.82, 2.24) is 15.1 Å². The molecule has 0 saturated heterocycles. The van der Waals surface area contributed by atoms with Crippen LogP contribution in [0, 0.1) is 6.92 Å². The molecule has 0 radical (unpaired) electrons. The number of carbonyl (C=O) groups is 1. The Hall–Kier alpha value is -3.93. The number of hydrogen-bond acceptors (Lipinski definition) is 5. The lowest BCUT2D eigenvalue weighted by Gasteiger charge is -2.23. The second-order valence-corrected chi connectivity index (χ2v) is 8.37. The minimum atomic E-state index is 0.0331. The van der Waals surface area contributed by atoms with Gasteiger partial charge >= 0.3 is 0 Å². The summed E-state index contributed by atoms with van der Waals surface area (Å²) in [6.45, 7) is 2.62. The molecule has 1 heterocycles. The van der Waals surface area contributed by atoms with Crippen LogP contribution in [0.15, 0.2) is 77.2 Å². The zero-order chi connectivity index (χ0) is 22.8. The lowest BCUT2D eigenvalue weighted by atomic mass is 10.1. The van der Waals surface area contributed by atoms with Crippen LogP contribution >= 0.6 is 0 Å². The van der Waals surface area contributed by atoms with Crippen LogP contribution in [0.1, 0.15) is 34.3 Å². The summed E-state index contributed by atoms with van der Waals surface area (Å²) in [5.74, 6) is 1.75. The molecular formula is C27H25N3O3. The lowest BCUT2D eigenvalue weighted by Crippen LogP contribution is -2.32. The van der Waals surface area contributed by atoms with E-state index >= 15 is 0 Å². The summed E-state index contributed by atoms with van der Waals surface area (Å²) >= 11 is 0. The normalized spacial score (nSPS) is 13.0. The van der Waals surface area contributed by atoms with Gasteiger partial charge in [-0.15, -0.1) is 10.2 Å². The molecule has 1 aliphatic rings. The minimum Gasteiger partial charge on any atom is -0.497 e. The summed E-state index contributed by atoms with van der Waals surface area (Å²) in [6, 6.07) is 23.5. The highest BCUT2D eigenvalue weighted by Crippen LogP contribution is 2.31. The van der Waals surface area contributed by atoms with Crippen molar-refractivity contribution in [2.24, 2.45) is 0 Å². The van der Waals surface area contributed by atoms with Crippen molar-refractivity contribution in [1.29, 1.82) is 0 Å². The molecule has 5 rings (SSSR count). The van der Waals surface area contributed by atoms with Gasteiger partial charge in [-0.25, -0.2) is 0 Å². The van der Waals surface area contributed by atoms with Gasteiger partial charge in [0.05, 0.1) is 7.11 Å². The number of methoxy groups -OCH3 is 1. The summed E-state index contributed by atoms with van der Waals surface area (Å²) < 4.78 is 11.1. The monoisotopic (exact) mass is 439 g/mol. The van der Waals surface area contributed by atoms with Crippen molar-refractivity contribution >= 4 is 5.91 Å². The molecule has 1 saturated carbocycles. The van der Waals surface area contributed by atoms with Gasteiger partial charge in [-0.3, -0.25) is 4.79 Å². The molecule has 33 heavy (non-hydrogen) atoms. The largest absolute Gasteiger partial charge is 0.497 e. The van der Waals surface area contributed by atoms with Gasteiger partial charge in [-0.2, -0.15) is 0 Å². The molecule has 6 heteroatoms. The molecule has 3 aromatic carbocycles. The second-order valence-electron chi connectivity index (χ2n) is 8.37. The molecule has 4 aromatic rings. The van der Waals surface area contributed by atoms with E-state index in [1.54, 1.807) is 7.11 Å². The number of rotatable bonds is 7. The minimum absolute atomic E-state index is 0.0331. The maximum absolute atomic E-state index is 13.3.